The molecular formula is C11H13NO3. The lowest BCUT2D eigenvalue weighted by Gasteiger charge is -2.15. The Bertz CT molecular complexity index is 368. The number of non-ortho nitro benzene ring substituents is 1. The predicted molar refractivity (Wildman–Crippen MR) is 56.6 cm³/mol. The Balaban J connectivity index is 2.81. The number of rotatable bonds is 4. The second-order valence-electron chi connectivity index (χ2n) is 4.21. The molecule has 0 aromatic heterocycles. The number of nitro groups is 1. The summed E-state index contributed by atoms with van der Waals surface area (Å²) >= 11 is 0. The Labute approximate surface area is 88.1 Å². The van der Waals surface area contributed by atoms with E-state index in [4.69, 9.17) is 0 Å². The van der Waals surface area contributed by atoms with Crippen LogP contribution >= 0.6 is 0 Å². The number of hydrogen-bond acceptors (Lipinski definition) is 3. The smallest absolute Gasteiger partial charge is 0.269 e. The third-order valence-electron chi connectivity index (χ3n) is 2.13. The Morgan fingerprint density at radius 2 is 1.87 bits per heavy atom. The van der Waals surface area contributed by atoms with Crippen molar-refractivity contribution in [1.82, 2.24) is 0 Å². The van der Waals surface area contributed by atoms with E-state index in [0.29, 0.717) is 6.42 Å². The summed E-state index contributed by atoms with van der Waals surface area (Å²) in [5.74, 6) is 0. The summed E-state index contributed by atoms with van der Waals surface area (Å²) in [4.78, 5) is 20.7. The maximum absolute atomic E-state index is 10.7. The monoisotopic (exact) mass is 207 g/mol. The summed E-state index contributed by atoms with van der Waals surface area (Å²) in [6.45, 7) is 3.67. The molecule has 0 radical (unpaired) electrons. The Kier molecular flexibility index (Phi) is 3.19. The number of benzene rings is 1. The maximum Gasteiger partial charge on any atom is 0.269 e. The van der Waals surface area contributed by atoms with Crippen LogP contribution in [0.25, 0.3) is 0 Å². The van der Waals surface area contributed by atoms with E-state index < -0.39 is 10.3 Å². The number of nitrogens with zero attached hydrogens (tertiary/aromatic N) is 1. The van der Waals surface area contributed by atoms with Gasteiger partial charge in [-0.1, -0.05) is 26.0 Å². The van der Waals surface area contributed by atoms with E-state index >= 15 is 0 Å². The topological polar surface area (TPSA) is 60.2 Å². The summed E-state index contributed by atoms with van der Waals surface area (Å²) in [5, 5.41) is 10.4. The van der Waals surface area contributed by atoms with Crippen molar-refractivity contribution in [3.63, 3.8) is 0 Å². The van der Waals surface area contributed by atoms with Crippen LogP contribution in [-0.2, 0) is 11.2 Å². The van der Waals surface area contributed by atoms with Crippen LogP contribution in [0.2, 0.25) is 0 Å². The highest BCUT2D eigenvalue weighted by atomic mass is 16.6. The Hall–Kier alpha value is -1.71. The zero-order chi connectivity index (χ0) is 11.5. The molecule has 15 heavy (non-hydrogen) atoms. The van der Waals surface area contributed by atoms with Crippen LogP contribution < -0.4 is 0 Å². The van der Waals surface area contributed by atoms with Crippen molar-refractivity contribution in [2.75, 3.05) is 0 Å². The standard InChI is InChI=1S/C11H13NO3/c1-11(2,8-13)7-9-3-5-10(6-4-9)12(14)15/h3-6,8H,7H2,1-2H3. The van der Waals surface area contributed by atoms with Crippen LogP contribution in [-0.4, -0.2) is 11.2 Å². The van der Waals surface area contributed by atoms with Crippen LogP contribution in [0, 0.1) is 15.5 Å². The highest BCUT2D eigenvalue weighted by Gasteiger charge is 2.17. The molecule has 0 unspecified atom stereocenters. The van der Waals surface area contributed by atoms with Gasteiger partial charge >= 0.3 is 0 Å². The van der Waals surface area contributed by atoms with Gasteiger partial charge < -0.3 is 4.79 Å². The van der Waals surface area contributed by atoms with Crippen molar-refractivity contribution in [2.24, 2.45) is 5.41 Å². The summed E-state index contributed by atoms with van der Waals surface area (Å²) in [6.07, 6.45) is 1.49. The van der Waals surface area contributed by atoms with Gasteiger partial charge in [-0.3, -0.25) is 10.1 Å². The third-order valence-corrected chi connectivity index (χ3v) is 2.13. The van der Waals surface area contributed by atoms with Crippen LogP contribution in [0.3, 0.4) is 0 Å². The highest BCUT2D eigenvalue weighted by molar-refractivity contribution is 5.58. The van der Waals surface area contributed by atoms with Gasteiger partial charge in [-0.15, -0.1) is 0 Å². The normalized spacial score (nSPS) is 11.1. The van der Waals surface area contributed by atoms with Crippen LogP contribution in [0.1, 0.15) is 19.4 Å². The van der Waals surface area contributed by atoms with E-state index in [0.717, 1.165) is 11.8 Å². The average molecular weight is 207 g/mol. The SMILES string of the molecule is CC(C)(C=O)Cc1ccc([N+](=O)[O-])cc1. The van der Waals surface area contributed by atoms with Crippen LogP contribution in [0.15, 0.2) is 24.3 Å². The molecule has 4 heteroatoms. The molecule has 0 saturated heterocycles. The highest BCUT2D eigenvalue weighted by Crippen LogP contribution is 2.20. The lowest BCUT2D eigenvalue weighted by Crippen LogP contribution is -2.16. The zero-order valence-electron chi connectivity index (χ0n) is 8.77. The molecule has 1 aromatic rings. The number of carbonyl (C=O) groups excluding carboxylic acids is 1. The lowest BCUT2D eigenvalue weighted by atomic mass is 9.87. The molecule has 80 valence electrons. The van der Waals surface area contributed by atoms with Crippen LogP contribution in [0.4, 0.5) is 5.69 Å². The van der Waals surface area contributed by atoms with Gasteiger partial charge in [-0.2, -0.15) is 0 Å². The first-order chi connectivity index (χ1) is 6.94. The number of aldehydes is 1. The van der Waals surface area contributed by atoms with Gasteiger partial charge in [-0.05, 0) is 12.0 Å². The molecule has 1 rings (SSSR count). The second kappa shape index (κ2) is 4.21. The minimum atomic E-state index is -0.436. The average Bonchev–Trinajstić information content (AvgIpc) is 2.18. The summed E-state index contributed by atoms with van der Waals surface area (Å²) < 4.78 is 0. The molecule has 0 heterocycles. The van der Waals surface area contributed by atoms with E-state index in [1.165, 1.54) is 12.1 Å². The number of nitro benzene ring substituents is 1. The summed E-state index contributed by atoms with van der Waals surface area (Å²) in [7, 11) is 0. The van der Waals surface area contributed by atoms with Crippen molar-refractivity contribution in [2.45, 2.75) is 20.3 Å². The first kappa shape index (κ1) is 11.4. The zero-order valence-corrected chi connectivity index (χ0v) is 8.77. The molecule has 1 aromatic carbocycles. The molecule has 0 fully saturated rings. The van der Waals surface area contributed by atoms with Crippen molar-refractivity contribution in [1.29, 1.82) is 0 Å². The van der Waals surface area contributed by atoms with Gasteiger partial charge in [0.1, 0.15) is 6.29 Å². The van der Waals surface area contributed by atoms with Crippen molar-refractivity contribution < 1.29 is 9.72 Å². The van der Waals surface area contributed by atoms with E-state index in [-0.39, 0.29) is 5.69 Å². The van der Waals surface area contributed by atoms with Crippen LogP contribution in [0.5, 0.6) is 0 Å². The fourth-order valence-electron chi connectivity index (χ4n) is 1.30. The van der Waals surface area contributed by atoms with Crippen molar-refractivity contribution >= 4 is 12.0 Å². The quantitative estimate of drug-likeness (QED) is 0.432. The van der Waals surface area contributed by atoms with Crippen molar-refractivity contribution in [3.05, 3.63) is 39.9 Å². The van der Waals surface area contributed by atoms with Gasteiger partial charge in [0.05, 0.1) is 4.92 Å². The van der Waals surface area contributed by atoms with Gasteiger partial charge in [0, 0.05) is 17.5 Å². The van der Waals surface area contributed by atoms with E-state index in [1.54, 1.807) is 12.1 Å². The summed E-state index contributed by atoms with van der Waals surface area (Å²) in [6, 6.07) is 6.28. The van der Waals surface area contributed by atoms with Gasteiger partial charge in [0.2, 0.25) is 0 Å². The largest absolute Gasteiger partial charge is 0.303 e. The minimum absolute atomic E-state index is 0.0719. The minimum Gasteiger partial charge on any atom is -0.303 e. The molecule has 0 N–H and O–H groups in total. The van der Waals surface area contributed by atoms with Crippen molar-refractivity contribution in [3.8, 4) is 0 Å². The second-order valence-corrected chi connectivity index (χ2v) is 4.21. The van der Waals surface area contributed by atoms with E-state index in [1.807, 2.05) is 13.8 Å². The molecule has 0 saturated carbocycles. The molecule has 0 spiro atoms. The lowest BCUT2D eigenvalue weighted by molar-refractivity contribution is -0.384. The molecule has 4 nitrogen and oxygen atoms in total. The number of hydrogen-bond donors (Lipinski definition) is 0. The first-order valence-corrected chi connectivity index (χ1v) is 4.64. The molecule has 0 aliphatic heterocycles. The Morgan fingerprint density at radius 3 is 2.27 bits per heavy atom. The van der Waals surface area contributed by atoms with Gasteiger partial charge in [0.25, 0.3) is 5.69 Å². The fourth-order valence-corrected chi connectivity index (χ4v) is 1.30. The molecule has 0 atom stereocenters. The predicted octanol–water partition coefficient (Wildman–Crippen LogP) is 2.36. The van der Waals surface area contributed by atoms with Gasteiger partial charge in [0.15, 0.2) is 0 Å². The molecule has 0 aliphatic carbocycles. The number of carbonyl (C=O) groups is 1. The van der Waals surface area contributed by atoms with Gasteiger partial charge in [-0.25, -0.2) is 0 Å². The molecule has 0 amide bonds. The third kappa shape index (κ3) is 3.16. The Morgan fingerprint density at radius 1 is 1.33 bits per heavy atom. The fraction of sp³-hybridized carbons (Fsp3) is 0.364. The van der Waals surface area contributed by atoms with E-state index in [9.17, 15) is 14.9 Å². The first-order valence-electron chi connectivity index (χ1n) is 4.64. The molecule has 0 bridgehead atoms. The maximum atomic E-state index is 10.7. The van der Waals surface area contributed by atoms with E-state index in [2.05, 4.69) is 0 Å². The molecular weight excluding hydrogens is 194 g/mol. The summed E-state index contributed by atoms with van der Waals surface area (Å²) in [5.41, 5.74) is 0.580. The molecule has 0 aliphatic rings.